The van der Waals surface area contributed by atoms with Gasteiger partial charge in [-0.25, -0.2) is 0 Å². The number of hydrogen-bond acceptors (Lipinski definition) is 4. The number of hydrogen-bond donors (Lipinski definition) is 1. The van der Waals surface area contributed by atoms with E-state index in [1.165, 1.54) is 6.92 Å². The van der Waals surface area contributed by atoms with Crippen molar-refractivity contribution >= 4 is 63.7 Å². The molecule has 0 radical (unpaired) electrons. The van der Waals surface area contributed by atoms with Crippen molar-refractivity contribution in [2.45, 2.75) is 17.3 Å². The summed E-state index contributed by atoms with van der Waals surface area (Å²) in [6.45, 7) is -0.434. The van der Waals surface area contributed by atoms with Crippen LogP contribution >= 0.6 is 34.8 Å². The van der Waals surface area contributed by atoms with Crippen molar-refractivity contribution in [3.63, 3.8) is 0 Å². The highest BCUT2D eigenvalue weighted by molar-refractivity contribution is 6.98. The second-order valence-electron chi connectivity index (χ2n) is 7.76. The molecule has 0 spiro atoms. The molecule has 3 aromatic rings. The van der Waals surface area contributed by atoms with Crippen LogP contribution in [0.25, 0.3) is 0 Å². The zero-order valence-electron chi connectivity index (χ0n) is 17.8. The first-order valence-corrected chi connectivity index (χ1v) is 11.6. The highest BCUT2D eigenvalue weighted by Gasteiger charge is 2.43. The Morgan fingerprint density at radius 2 is 1.36 bits per heavy atom. The fraction of sp³-hybridized carbons (Fsp3) is 0.120. The van der Waals surface area contributed by atoms with Gasteiger partial charge in [-0.2, -0.15) is 0 Å². The molecule has 0 bridgehead atoms. The van der Waals surface area contributed by atoms with Crippen molar-refractivity contribution in [2.24, 2.45) is 4.90 Å². The molecular weight excluding hydrogens is 477 g/mol. The molecule has 0 saturated heterocycles. The van der Waals surface area contributed by atoms with Crippen LogP contribution in [0.1, 0.15) is 12.5 Å². The first-order chi connectivity index (χ1) is 15.8. The van der Waals surface area contributed by atoms with Crippen molar-refractivity contribution in [2.75, 3.05) is 0 Å². The molecule has 4 rings (SSSR count). The topological polar surface area (TPSA) is 50.7 Å². The molecule has 168 valence electrons. The zero-order chi connectivity index (χ0) is 23.5. The molecule has 1 aliphatic heterocycles. The maximum Gasteiger partial charge on any atom is 0.336 e. The van der Waals surface area contributed by atoms with Crippen LogP contribution in [0.2, 0.25) is 0 Å². The fourth-order valence-electron chi connectivity index (χ4n) is 3.96. The van der Waals surface area contributed by atoms with E-state index in [0.717, 1.165) is 16.5 Å². The van der Waals surface area contributed by atoms with Crippen molar-refractivity contribution in [3.05, 3.63) is 108 Å². The summed E-state index contributed by atoms with van der Waals surface area (Å²) in [5, 5.41) is 3.26. The summed E-state index contributed by atoms with van der Waals surface area (Å²) in [6, 6.07) is 28.8. The third kappa shape index (κ3) is 4.96. The van der Waals surface area contributed by atoms with Crippen LogP contribution in [0.5, 0.6) is 0 Å². The average molecular weight is 499 g/mol. The Balaban J connectivity index is 1.92. The average Bonchev–Trinajstić information content (AvgIpc) is 2.83. The van der Waals surface area contributed by atoms with E-state index >= 15 is 0 Å². The Kier molecular flexibility index (Phi) is 6.85. The number of benzene rings is 3. The predicted molar refractivity (Wildman–Crippen MR) is 138 cm³/mol. The van der Waals surface area contributed by atoms with Gasteiger partial charge in [0.25, 0.3) is 0 Å². The second kappa shape index (κ2) is 9.64. The SMILES string of the molecule is CC(=O)C1=C(NCc2ccccc2)O[B-](c2ccccc2)(c2ccccc2)N=C1C(Cl)(Cl)Cl. The van der Waals surface area contributed by atoms with Gasteiger partial charge in [0, 0.05) is 6.54 Å². The predicted octanol–water partition coefficient (Wildman–Crippen LogP) is 4.67. The number of allylic oxidation sites excluding steroid dienone is 1. The lowest BCUT2D eigenvalue weighted by Crippen LogP contribution is -2.63. The molecule has 0 aromatic heterocycles. The molecule has 3 aromatic carbocycles. The van der Waals surface area contributed by atoms with Gasteiger partial charge in [-0.3, -0.25) is 4.79 Å². The Labute approximate surface area is 208 Å². The van der Waals surface area contributed by atoms with Crippen LogP contribution in [0.3, 0.4) is 0 Å². The molecule has 1 heterocycles. The molecule has 0 fully saturated rings. The largest absolute Gasteiger partial charge is 0.676 e. The van der Waals surface area contributed by atoms with Crippen molar-refractivity contribution in [3.8, 4) is 0 Å². The maximum atomic E-state index is 12.7. The van der Waals surface area contributed by atoms with E-state index in [4.69, 9.17) is 44.4 Å². The van der Waals surface area contributed by atoms with Crippen LogP contribution in [0.15, 0.2) is 107 Å². The lowest BCUT2D eigenvalue weighted by Gasteiger charge is -2.46. The van der Waals surface area contributed by atoms with Gasteiger partial charge in [0.05, 0.1) is 11.3 Å². The zero-order valence-corrected chi connectivity index (χ0v) is 20.1. The van der Waals surface area contributed by atoms with E-state index in [1.54, 1.807) is 0 Å². The smallest absolute Gasteiger partial charge is 0.336 e. The van der Waals surface area contributed by atoms with Gasteiger partial charge in [-0.05, 0) is 12.5 Å². The highest BCUT2D eigenvalue weighted by Crippen LogP contribution is 2.36. The number of alkyl halides is 3. The molecular formula is C25H21BCl3N2O2-. The van der Waals surface area contributed by atoms with Crippen LogP contribution in [-0.4, -0.2) is 21.8 Å². The molecule has 8 heteroatoms. The third-order valence-electron chi connectivity index (χ3n) is 5.48. The normalized spacial score (nSPS) is 15.5. The summed E-state index contributed by atoms with van der Waals surface area (Å²) >= 11 is 19.1. The van der Waals surface area contributed by atoms with Crippen LogP contribution in [-0.2, 0) is 16.0 Å². The van der Waals surface area contributed by atoms with Gasteiger partial charge in [-0.1, -0.05) is 126 Å². The van der Waals surface area contributed by atoms with Crippen LogP contribution in [0.4, 0.5) is 0 Å². The van der Waals surface area contributed by atoms with Gasteiger partial charge >= 0.3 is 6.48 Å². The van der Waals surface area contributed by atoms with Gasteiger partial charge < -0.3 is 14.9 Å². The monoisotopic (exact) mass is 497 g/mol. The highest BCUT2D eigenvalue weighted by atomic mass is 35.6. The Morgan fingerprint density at radius 1 is 0.879 bits per heavy atom. The van der Waals surface area contributed by atoms with Crippen LogP contribution < -0.4 is 16.2 Å². The number of rotatable bonds is 6. The molecule has 0 saturated carbocycles. The number of carbonyl (C=O) groups excluding carboxylic acids is 1. The van der Waals surface area contributed by atoms with Gasteiger partial charge in [-0.15, -0.1) is 10.9 Å². The number of Topliss-reactive ketones (excluding diaryl/α,β-unsaturated/α-hetero) is 1. The standard InChI is InChI=1S/C25H21BCl3N2O2/c1-18(32)22-23(25(27,28)29)31-26(20-13-7-3-8-14-20,21-15-9-4-10-16-21)33-24(22)30-17-19-11-5-2-6-12-19/h2-16,30H,17H2,1H3/q-1. The maximum absolute atomic E-state index is 12.7. The van der Waals surface area contributed by atoms with E-state index in [0.29, 0.717) is 6.54 Å². The lowest BCUT2D eigenvalue weighted by molar-refractivity contribution is -0.113. The Hall–Kier alpha value is -2.73. The second-order valence-corrected chi connectivity index (χ2v) is 10.0. The summed E-state index contributed by atoms with van der Waals surface area (Å²) in [5.41, 5.74) is 2.76. The van der Waals surface area contributed by atoms with E-state index in [-0.39, 0.29) is 23.0 Å². The summed E-state index contributed by atoms with van der Waals surface area (Å²) in [7, 11) is 0. The van der Waals surface area contributed by atoms with E-state index in [9.17, 15) is 4.79 Å². The Morgan fingerprint density at radius 3 is 1.82 bits per heavy atom. The van der Waals surface area contributed by atoms with Crippen LogP contribution in [0, 0.1) is 0 Å². The minimum absolute atomic E-state index is 0.0505. The van der Waals surface area contributed by atoms with Crippen molar-refractivity contribution in [1.82, 2.24) is 5.32 Å². The number of nitrogens with one attached hydrogen (secondary N) is 1. The van der Waals surface area contributed by atoms with Crippen molar-refractivity contribution in [1.29, 1.82) is 0 Å². The number of carbonyl (C=O) groups is 1. The Bertz CT molecular complexity index is 1160. The number of nitrogens with zero attached hydrogens (tertiary/aromatic N) is 1. The van der Waals surface area contributed by atoms with Gasteiger partial charge in [0.2, 0.25) is 3.79 Å². The van der Waals surface area contributed by atoms with Crippen molar-refractivity contribution < 1.29 is 9.45 Å². The first-order valence-electron chi connectivity index (χ1n) is 10.5. The fourth-order valence-corrected chi connectivity index (χ4v) is 4.39. The number of ketones is 1. The minimum atomic E-state index is -2.25. The van der Waals surface area contributed by atoms with Gasteiger partial charge in [0.1, 0.15) is 0 Å². The molecule has 4 nitrogen and oxygen atoms in total. The number of halogens is 3. The third-order valence-corrected chi connectivity index (χ3v) is 6.02. The lowest BCUT2D eigenvalue weighted by atomic mass is 9.42. The summed E-state index contributed by atoms with van der Waals surface area (Å²) in [4.78, 5) is 17.6. The van der Waals surface area contributed by atoms with Gasteiger partial charge in [0.15, 0.2) is 11.7 Å². The molecule has 1 N–H and O–H groups in total. The molecule has 0 atom stereocenters. The minimum Gasteiger partial charge on any atom is -0.676 e. The molecule has 0 amide bonds. The first kappa shape index (κ1) is 23.4. The molecule has 1 aliphatic rings. The summed E-state index contributed by atoms with van der Waals surface area (Å²) in [6.07, 6.45) is 0. The molecule has 0 unspecified atom stereocenters. The van der Waals surface area contributed by atoms with E-state index in [1.807, 2.05) is 91.0 Å². The molecule has 0 aliphatic carbocycles. The van der Waals surface area contributed by atoms with E-state index < -0.39 is 10.3 Å². The summed E-state index contributed by atoms with van der Waals surface area (Å²) in [5.74, 6) is -0.0865. The quantitative estimate of drug-likeness (QED) is 0.397. The van der Waals surface area contributed by atoms with E-state index in [2.05, 4.69) is 5.32 Å². The summed E-state index contributed by atoms with van der Waals surface area (Å²) < 4.78 is 4.67. The molecule has 33 heavy (non-hydrogen) atoms.